The van der Waals surface area contributed by atoms with E-state index in [1.54, 1.807) is 44.9 Å². The van der Waals surface area contributed by atoms with Crippen molar-refractivity contribution in [3.8, 4) is 0 Å². The highest BCUT2D eigenvalue weighted by Crippen LogP contribution is 2.28. The number of carbonyl (C=O) groups excluding carboxylic acids is 1. The number of benzene rings is 1. The van der Waals surface area contributed by atoms with Crippen molar-refractivity contribution in [1.82, 2.24) is 14.9 Å². The molecule has 0 saturated heterocycles. The Bertz CT molecular complexity index is 1020. The highest BCUT2D eigenvalue weighted by Gasteiger charge is 2.30. The van der Waals surface area contributed by atoms with Crippen LogP contribution in [0.3, 0.4) is 0 Å². The summed E-state index contributed by atoms with van der Waals surface area (Å²) in [5.41, 5.74) is 1.54. The Balaban J connectivity index is 0.00000320. The minimum Gasteiger partial charge on any atom is -0.366 e. The maximum Gasteiger partial charge on any atom is 0.323 e. The summed E-state index contributed by atoms with van der Waals surface area (Å²) >= 11 is 0. The third-order valence-corrected chi connectivity index (χ3v) is 5.67. The summed E-state index contributed by atoms with van der Waals surface area (Å²) in [6.07, 6.45) is 1.39. The number of nitrogens with zero attached hydrogens (tertiary/aromatic N) is 4. The fourth-order valence-corrected chi connectivity index (χ4v) is 4.36. The van der Waals surface area contributed by atoms with Crippen LogP contribution in [0.15, 0.2) is 30.6 Å². The molecule has 0 bridgehead atoms. The van der Waals surface area contributed by atoms with Gasteiger partial charge in [-0.3, -0.25) is 9.62 Å². The molecule has 2 heterocycles. The molecule has 2 aromatic rings. The second-order valence-electron chi connectivity index (χ2n) is 7.84. The molecule has 0 spiro atoms. The van der Waals surface area contributed by atoms with Gasteiger partial charge in [-0.2, -0.15) is 8.42 Å². The van der Waals surface area contributed by atoms with Crippen LogP contribution in [0.4, 0.5) is 22.1 Å². The number of amides is 2. The van der Waals surface area contributed by atoms with E-state index in [1.165, 1.54) is 10.6 Å². The number of rotatable bonds is 5. The molecule has 164 valence electrons. The van der Waals surface area contributed by atoms with Gasteiger partial charge in [0, 0.05) is 19.1 Å². The zero-order valence-electron chi connectivity index (χ0n) is 17.2. The van der Waals surface area contributed by atoms with Gasteiger partial charge in [0.25, 0.3) is 10.2 Å². The van der Waals surface area contributed by atoms with Crippen molar-refractivity contribution in [3.05, 3.63) is 41.7 Å². The Morgan fingerprint density at radius 2 is 1.87 bits per heavy atom. The lowest BCUT2D eigenvalue weighted by Gasteiger charge is -2.34. The third kappa shape index (κ3) is 5.10. The summed E-state index contributed by atoms with van der Waals surface area (Å²) in [6.45, 7) is 6.20. The first kappa shape index (κ1) is 23.6. The third-order valence-electron chi connectivity index (χ3n) is 4.41. The Labute approximate surface area is 182 Å². The van der Waals surface area contributed by atoms with E-state index in [4.69, 9.17) is 5.14 Å². The maximum absolute atomic E-state index is 12.0. The number of anilines is 3. The number of nitrogens with one attached hydrogen (secondary N) is 2. The normalized spacial score (nSPS) is 13.8. The molecule has 4 N–H and O–H groups in total. The summed E-state index contributed by atoms with van der Waals surface area (Å²) in [6, 6.07) is 6.88. The second kappa shape index (κ2) is 8.62. The molecule has 1 aliphatic heterocycles. The van der Waals surface area contributed by atoms with E-state index >= 15 is 0 Å². The Kier molecular flexibility index (Phi) is 6.80. The lowest BCUT2D eigenvalue weighted by molar-refractivity contribution is 0.218. The molecule has 3 rings (SSSR count). The lowest BCUT2D eigenvalue weighted by atomic mass is 10.1. The molecule has 2 amide bonds. The lowest BCUT2D eigenvalue weighted by Crippen LogP contribution is -2.49. The predicted octanol–water partition coefficient (Wildman–Crippen LogP) is 2.30. The van der Waals surface area contributed by atoms with E-state index in [2.05, 4.69) is 20.6 Å². The number of hydrogen-bond acceptors (Lipinski definition) is 6. The minimum absolute atomic E-state index is 0. The van der Waals surface area contributed by atoms with Gasteiger partial charge in [-0.15, -0.1) is 12.4 Å². The highest BCUT2D eigenvalue weighted by molar-refractivity contribution is 7.90. The van der Waals surface area contributed by atoms with E-state index in [1.807, 2.05) is 12.1 Å². The van der Waals surface area contributed by atoms with Gasteiger partial charge in [-0.1, -0.05) is 12.1 Å². The summed E-state index contributed by atoms with van der Waals surface area (Å²) in [4.78, 5) is 21.7. The SMILES string of the molecule is CN1Cc2c(NCc3ccc(N(C(C)(C)C)S(N)(=O)=O)cc3)ncnc2NC1=O.Cl. The number of nitrogens with two attached hydrogens (primary N) is 1. The van der Waals surface area contributed by atoms with Gasteiger partial charge in [0.05, 0.1) is 17.8 Å². The van der Waals surface area contributed by atoms with Crippen molar-refractivity contribution in [2.24, 2.45) is 5.14 Å². The number of halogens is 1. The maximum atomic E-state index is 12.0. The van der Waals surface area contributed by atoms with Crippen LogP contribution in [0.25, 0.3) is 0 Å². The summed E-state index contributed by atoms with van der Waals surface area (Å²) < 4.78 is 25.2. The molecule has 30 heavy (non-hydrogen) atoms. The van der Waals surface area contributed by atoms with Crippen molar-refractivity contribution in [3.63, 3.8) is 0 Å². The molecular weight excluding hydrogens is 430 g/mol. The van der Waals surface area contributed by atoms with Crippen LogP contribution in [-0.4, -0.2) is 41.9 Å². The van der Waals surface area contributed by atoms with Crippen LogP contribution in [0, 0.1) is 0 Å². The number of urea groups is 1. The van der Waals surface area contributed by atoms with Gasteiger partial charge in [0.15, 0.2) is 0 Å². The van der Waals surface area contributed by atoms with Gasteiger partial charge in [-0.05, 0) is 38.5 Å². The van der Waals surface area contributed by atoms with Crippen LogP contribution in [0.2, 0.25) is 0 Å². The molecule has 0 aliphatic carbocycles. The summed E-state index contributed by atoms with van der Waals surface area (Å²) in [5.74, 6) is 1.13. The molecule has 0 saturated carbocycles. The fourth-order valence-electron chi connectivity index (χ4n) is 3.18. The monoisotopic (exact) mass is 455 g/mol. The molecule has 0 fully saturated rings. The van der Waals surface area contributed by atoms with Gasteiger partial charge in [0.2, 0.25) is 0 Å². The Morgan fingerprint density at radius 3 is 2.43 bits per heavy atom. The van der Waals surface area contributed by atoms with Gasteiger partial charge >= 0.3 is 6.03 Å². The van der Waals surface area contributed by atoms with Crippen LogP contribution in [-0.2, 0) is 23.3 Å². The van der Waals surface area contributed by atoms with Crippen LogP contribution >= 0.6 is 12.4 Å². The first-order valence-corrected chi connectivity index (χ1v) is 10.5. The molecule has 0 unspecified atom stereocenters. The summed E-state index contributed by atoms with van der Waals surface area (Å²) in [7, 11) is -2.21. The van der Waals surface area contributed by atoms with Crippen molar-refractivity contribution >= 4 is 46.0 Å². The predicted molar refractivity (Wildman–Crippen MR) is 119 cm³/mol. The second-order valence-corrected chi connectivity index (χ2v) is 9.23. The largest absolute Gasteiger partial charge is 0.366 e. The van der Waals surface area contributed by atoms with Gasteiger partial charge in [0.1, 0.15) is 18.0 Å². The highest BCUT2D eigenvalue weighted by atomic mass is 35.5. The van der Waals surface area contributed by atoms with E-state index in [0.717, 1.165) is 11.1 Å². The van der Waals surface area contributed by atoms with E-state index < -0.39 is 15.7 Å². The van der Waals surface area contributed by atoms with Crippen molar-refractivity contribution in [1.29, 1.82) is 0 Å². The van der Waals surface area contributed by atoms with E-state index in [9.17, 15) is 13.2 Å². The van der Waals surface area contributed by atoms with E-state index in [0.29, 0.717) is 30.4 Å². The molecule has 0 atom stereocenters. The zero-order chi connectivity index (χ0) is 21.4. The Hall–Kier alpha value is -2.63. The first-order chi connectivity index (χ1) is 13.5. The molecule has 10 nitrogen and oxygen atoms in total. The van der Waals surface area contributed by atoms with E-state index in [-0.39, 0.29) is 18.4 Å². The van der Waals surface area contributed by atoms with Gasteiger partial charge < -0.3 is 10.2 Å². The zero-order valence-corrected chi connectivity index (χ0v) is 18.8. The fraction of sp³-hybridized carbons (Fsp3) is 0.389. The number of aromatic nitrogens is 2. The van der Waals surface area contributed by atoms with Gasteiger partial charge in [-0.25, -0.2) is 19.9 Å². The molecule has 1 aromatic heterocycles. The standard InChI is InChI=1S/C18H25N7O3S.ClH/c1-18(2,3)25(29(19,27)28)13-7-5-12(6-8-13)9-20-15-14-10-24(4)17(26)23-16(14)22-11-21-15;/h5-8,11H,9-10H2,1-4H3,(H2,19,27,28)(H2,20,21,22,23,26);1H. The topological polar surface area (TPSA) is 134 Å². The average Bonchev–Trinajstić information content (AvgIpc) is 2.60. The number of fused-ring (bicyclic) bond motifs is 1. The molecule has 1 aromatic carbocycles. The smallest absolute Gasteiger partial charge is 0.323 e. The van der Waals surface area contributed by atoms with Crippen molar-refractivity contribution in [2.45, 2.75) is 39.4 Å². The van der Waals surface area contributed by atoms with Crippen LogP contribution < -0.4 is 20.1 Å². The van der Waals surface area contributed by atoms with Crippen LogP contribution in [0.5, 0.6) is 0 Å². The molecular formula is C18H26ClN7O3S. The summed E-state index contributed by atoms with van der Waals surface area (Å²) in [5, 5.41) is 11.4. The quantitative estimate of drug-likeness (QED) is 0.633. The van der Waals surface area contributed by atoms with Crippen molar-refractivity contribution in [2.75, 3.05) is 22.0 Å². The molecule has 1 aliphatic rings. The van der Waals surface area contributed by atoms with Crippen LogP contribution in [0.1, 0.15) is 31.9 Å². The number of carbonyl (C=O) groups is 1. The van der Waals surface area contributed by atoms with Crippen molar-refractivity contribution < 1.29 is 13.2 Å². The average molecular weight is 456 g/mol. The molecule has 0 radical (unpaired) electrons. The Morgan fingerprint density at radius 1 is 1.23 bits per heavy atom. The first-order valence-electron chi connectivity index (χ1n) is 8.99. The number of hydrogen-bond donors (Lipinski definition) is 3. The molecule has 12 heteroatoms. The minimum atomic E-state index is -3.90.